The van der Waals surface area contributed by atoms with E-state index in [9.17, 15) is 4.39 Å². The van der Waals surface area contributed by atoms with Crippen LogP contribution < -0.4 is 4.74 Å². The maximum atomic E-state index is 13.1. The smallest absolute Gasteiger partial charge is 0.128 e. The molecular weight excluding hydrogens is 271 g/mol. The second kappa shape index (κ2) is 6.54. The van der Waals surface area contributed by atoms with Gasteiger partial charge in [0.2, 0.25) is 0 Å². The van der Waals surface area contributed by atoms with Crippen molar-refractivity contribution in [3.05, 3.63) is 28.5 Å². The molecule has 0 N–H and O–H groups in total. The molecule has 5 heteroatoms. The molecule has 18 heavy (non-hydrogen) atoms. The van der Waals surface area contributed by atoms with Crippen LogP contribution in [0.2, 0.25) is 30.7 Å². The first-order valence-corrected chi connectivity index (χ1v) is 10.0. The maximum Gasteiger partial charge on any atom is 0.128 e. The zero-order chi connectivity index (χ0) is 13.8. The first kappa shape index (κ1) is 15.5. The van der Waals surface area contributed by atoms with Crippen molar-refractivity contribution in [2.75, 3.05) is 13.7 Å². The topological polar surface area (TPSA) is 18.5 Å². The van der Waals surface area contributed by atoms with Gasteiger partial charge in [0.1, 0.15) is 11.6 Å². The highest BCUT2D eigenvalue weighted by molar-refractivity contribution is 6.76. The van der Waals surface area contributed by atoms with Crippen molar-refractivity contribution in [1.82, 2.24) is 0 Å². The Hall–Kier alpha value is -0.583. The molecule has 0 amide bonds. The Kier molecular flexibility index (Phi) is 5.63. The minimum absolute atomic E-state index is 0.347. The normalized spacial score (nSPS) is 11.7. The van der Waals surface area contributed by atoms with Gasteiger partial charge in [-0.25, -0.2) is 4.39 Å². The summed E-state index contributed by atoms with van der Waals surface area (Å²) in [6.45, 7) is 7.94. The minimum atomic E-state index is -1.09. The lowest BCUT2D eigenvalue weighted by Gasteiger charge is -2.16. The second-order valence-electron chi connectivity index (χ2n) is 5.43. The highest BCUT2D eigenvalue weighted by atomic mass is 35.5. The first-order chi connectivity index (χ1) is 8.33. The second-order valence-corrected chi connectivity index (χ2v) is 11.5. The van der Waals surface area contributed by atoms with Crippen molar-refractivity contribution in [3.63, 3.8) is 0 Å². The minimum Gasteiger partial charge on any atom is -0.496 e. The molecular formula is C13H20ClFO2Si. The predicted octanol–water partition coefficient (Wildman–Crippen LogP) is 4.34. The van der Waals surface area contributed by atoms with Crippen molar-refractivity contribution in [3.8, 4) is 5.75 Å². The molecule has 2 nitrogen and oxygen atoms in total. The van der Waals surface area contributed by atoms with Gasteiger partial charge in [0, 0.05) is 26.3 Å². The standard InChI is InChI=1S/C13H20ClFO2Si/c1-16-13-8-10(15)7-12(14)11(13)9-17-5-6-18(2,3)4/h7-8H,5-6,9H2,1-4H3. The Morgan fingerprint density at radius 3 is 2.50 bits per heavy atom. The summed E-state index contributed by atoms with van der Waals surface area (Å²) in [5, 5.41) is 0.347. The number of hydrogen-bond acceptors (Lipinski definition) is 2. The number of benzene rings is 1. The van der Waals surface area contributed by atoms with Crippen LogP contribution in [-0.2, 0) is 11.3 Å². The van der Waals surface area contributed by atoms with Crippen LogP contribution in [0.1, 0.15) is 5.56 Å². The third-order valence-corrected chi connectivity index (χ3v) is 4.62. The van der Waals surface area contributed by atoms with Gasteiger partial charge in [-0.05, 0) is 12.1 Å². The van der Waals surface area contributed by atoms with Gasteiger partial charge in [-0.2, -0.15) is 0 Å². The van der Waals surface area contributed by atoms with E-state index in [1.807, 2.05) is 0 Å². The molecule has 0 aromatic heterocycles. The molecule has 0 bridgehead atoms. The van der Waals surface area contributed by atoms with Crippen LogP contribution in [0, 0.1) is 5.82 Å². The molecule has 0 spiro atoms. The molecule has 0 saturated carbocycles. The van der Waals surface area contributed by atoms with Gasteiger partial charge in [0.05, 0.1) is 18.7 Å². The molecule has 0 heterocycles. The van der Waals surface area contributed by atoms with E-state index in [-0.39, 0.29) is 0 Å². The number of hydrogen-bond donors (Lipinski definition) is 0. The van der Waals surface area contributed by atoms with Crippen LogP contribution in [0.3, 0.4) is 0 Å². The summed E-state index contributed by atoms with van der Waals surface area (Å²) in [6.07, 6.45) is 0. The summed E-state index contributed by atoms with van der Waals surface area (Å²) in [6, 6.07) is 3.69. The van der Waals surface area contributed by atoms with Crippen LogP contribution in [-0.4, -0.2) is 21.8 Å². The van der Waals surface area contributed by atoms with Gasteiger partial charge in [-0.1, -0.05) is 31.2 Å². The Balaban J connectivity index is 2.62. The van der Waals surface area contributed by atoms with Crippen LogP contribution in [0.5, 0.6) is 5.75 Å². The largest absolute Gasteiger partial charge is 0.496 e. The van der Waals surface area contributed by atoms with Crippen molar-refractivity contribution in [1.29, 1.82) is 0 Å². The Bertz CT molecular complexity index is 405. The number of methoxy groups -OCH3 is 1. The molecule has 1 aromatic rings. The maximum absolute atomic E-state index is 13.1. The van der Waals surface area contributed by atoms with E-state index in [4.69, 9.17) is 21.1 Å². The highest BCUT2D eigenvalue weighted by Gasteiger charge is 2.14. The molecule has 0 radical (unpaired) electrons. The molecule has 0 saturated heterocycles. The average molecular weight is 291 g/mol. The van der Waals surface area contributed by atoms with E-state index in [1.165, 1.54) is 19.2 Å². The summed E-state index contributed by atoms with van der Waals surface area (Å²) < 4.78 is 23.9. The van der Waals surface area contributed by atoms with E-state index >= 15 is 0 Å². The quantitative estimate of drug-likeness (QED) is 0.573. The molecule has 0 atom stereocenters. The molecule has 1 aromatic carbocycles. The molecule has 0 aliphatic rings. The van der Waals surface area contributed by atoms with Crippen molar-refractivity contribution >= 4 is 19.7 Å². The Morgan fingerprint density at radius 1 is 1.28 bits per heavy atom. The molecule has 0 aliphatic heterocycles. The molecule has 102 valence electrons. The van der Waals surface area contributed by atoms with E-state index in [2.05, 4.69) is 19.6 Å². The monoisotopic (exact) mass is 290 g/mol. The summed E-state index contributed by atoms with van der Waals surface area (Å²) in [4.78, 5) is 0. The number of halogens is 2. The third kappa shape index (κ3) is 4.96. The van der Waals surface area contributed by atoms with Crippen LogP contribution >= 0.6 is 11.6 Å². The van der Waals surface area contributed by atoms with E-state index in [1.54, 1.807) is 0 Å². The van der Waals surface area contributed by atoms with E-state index in [0.29, 0.717) is 29.5 Å². The van der Waals surface area contributed by atoms with Crippen molar-refractivity contribution in [2.45, 2.75) is 32.3 Å². The fraction of sp³-hybridized carbons (Fsp3) is 0.538. The number of ether oxygens (including phenoxy) is 2. The van der Waals surface area contributed by atoms with Gasteiger partial charge >= 0.3 is 0 Å². The summed E-state index contributed by atoms with van der Waals surface area (Å²) in [5.41, 5.74) is 0.705. The third-order valence-electron chi connectivity index (χ3n) is 2.58. The SMILES string of the molecule is COc1cc(F)cc(Cl)c1COCC[Si](C)(C)C. The molecule has 1 rings (SSSR count). The summed E-state index contributed by atoms with van der Waals surface area (Å²) in [7, 11) is 0.408. The summed E-state index contributed by atoms with van der Waals surface area (Å²) in [5.74, 6) is 0.0377. The Morgan fingerprint density at radius 2 is 1.94 bits per heavy atom. The van der Waals surface area contributed by atoms with Gasteiger partial charge in [0.15, 0.2) is 0 Å². The molecule has 0 unspecified atom stereocenters. The fourth-order valence-corrected chi connectivity index (χ4v) is 2.46. The van der Waals surface area contributed by atoms with Gasteiger partial charge in [-0.3, -0.25) is 0 Å². The zero-order valence-corrected chi connectivity index (χ0v) is 13.1. The van der Waals surface area contributed by atoms with Crippen LogP contribution in [0.4, 0.5) is 4.39 Å². The number of rotatable bonds is 6. The lowest BCUT2D eigenvalue weighted by atomic mass is 10.2. The van der Waals surface area contributed by atoms with Gasteiger partial charge in [-0.15, -0.1) is 0 Å². The van der Waals surface area contributed by atoms with Crippen LogP contribution in [0.25, 0.3) is 0 Å². The van der Waals surface area contributed by atoms with Gasteiger partial charge in [0.25, 0.3) is 0 Å². The van der Waals surface area contributed by atoms with Crippen molar-refractivity contribution < 1.29 is 13.9 Å². The molecule has 0 aliphatic carbocycles. The van der Waals surface area contributed by atoms with Gasteiger partial charge < -0.3 is 9.47 Å². The van der Waals surface area contributed by atoms with Crippen molar-refractivity contribution in [2.24, 2.45) is 0 Å². The predicted molar refractivity (Wildman–Crippen MR) is 75.8 cm³/mol. The van der Waals surface area contributed by atoms with E-state index < -0.39 is 13.9 Å². The first-order valence-electron chi connectivity index (χ1n) is 5.93. The Labute approximate surface area is 114 Å². The van der Waals surface area contributed by atoms with E-state index in [0.717, 1.165) is 6.04 Å². The molecule has 0 fully saturated rings. The van der Waals surface area contributed by atoms with Crippen LogP contribution in [0.15, 0.2) is 12.1 Å². The summed E-state index contributed by atoms with van der Waals surface area (Å²) >= 11 is 5.99. The zero-order valence-electron chi connectivity index (χ0n) is 11.3. The highest BCUT2D eigenvalue weighted by Crippen LogP contribution is 2.28. The fourth-order valence-electron chi connectivity index (χ4n) is 1.45. The lowest BCUT2D eigenvalue weighted by molar-refractivity contribution is 0.131. The lowest BCUT2D eigenvalue weighted by Crippen LogP contribution is -2.21. The average Bonchev–Trinajstić information content (AvgIpc) is 2.24.